The van der Waals surface area contributed by atoms with E-state index in [-0.39, 0.29) is 12.3 Å². The lowest BCUT2D eigenvalue weighted by molar-refractivity contribution is -0.115. The molecule has 1 heterocycles. The van der Waals surface area contributed by atoms with Crippen molar-refractivity contribution in [3.8, 4) is 5.75 Å². The molecule has 1 N–H and O–H groups in total. The van der Waals surface area contributed by atoms with Crippen molar-refractivity contribution in [1.82, 2.24) is 0 Å². The number of aryl methyl sites for hydroxylation is 2. The Balaban J connectivity index is 1.81. The van der Waals surface area contributed by atoms with Crippen LogP contribution in [0.15, 0.2) is 47.1 Å². The van der Waals surface area contributed by atoms with Gasteiger partial charge in [0.1, 0.15) is 11.3 Å². The first-order valence-corrected chi connectivity index (χ1v) is 7.48. The number of fused-ring (bicyclic) bond motifs is 1. The Morgan fingerprint density at radius 1 is 1.17 bits per heavy atom. The van der Waals surface area contributed by atoms with Gasteiger partial charge in [0.05, 0.1) is 19.8 Å². The van der Waals surface area contributed by atoms with Gasteiger partial charge in [-0.15, -0.1) is 0 Å². The Bertz CT molecular complexity index is 844. The third-order valence-corrected chi connectivity index (χ3v) is 3.96. The number of carbonyl (C=O) groups excluding carboxylic acids is 1. The number of anilines is 1. The summed E-state index contributed by atoms with van der Waals surface area (Å²) < 4.78 is 10.7. The summed E-state index contributed by atoms with van der Waals surface area (Å²) in [5, 5.41) is 3.93. The molecule has 23 heavy (non-hydrogen) atoms. The highest BCUT2D eigenvalue weighted by Crippen LogP contribution is 2.26. The SMILES string of the molecule is COc1ccc2c(CC(=O)Nc3c(C)cccc3C)coc2c1. The number of rotatable bonds is 4. The molecule has 1 amide bonds. The number of furan rings is 1. The molecule has 4 nitrogen and oxygen atoms in total. The monoisotopic (exact) mass is 309 g/mol. The highest BCUT2D eigenvalue weighted by Gasteiger charge is 2.13. The standard InChI is InChI=1S/C19H19NO3/c1-12-5-4-6-13(2)19(12)20-18(21)9-14-11-23-17-10-15(22-3)7-8-16(14)17/h4-8,10-11H,9H2,1-3H3,(H,20,21). The number of methoxy groups -OCH3 is 1. The average molecular weight is 309 g/mol. The number of hydrogen-bond donors (Lipinski definition) is 1. The molecule has 3 rings (SSSR count). The van der Waals surface area contributed by atoms with Crippen molar-refractivity contribution in [2.45, 2.75) is 20.3 Å². The van der Waals surface area contributed by atoms with E-state index in [0.717, 1.165) is 39.1 Å². The number of nitrogens with one attached hydrogen (secondary N) is 1. The van der Waals surface area contributed by atoms with Gasteiger partial charge in [-0.1, -0.05) is 18.2 Å². The van der Waals surface area contributed by atoms with Crippen LogP contribution in [-0.4, -0.2) is 13.0 Å². The zero-order chi connectivity index (χ0) is 16.4. The van der Waals surface area contributed by atoms with Crippen molar-refractivity contribution < 1.29 is 13.9 Å². The van der Waals surface area contributed by atoms with Crippen molar-refractivity contribution in [1.29, 1.82) is 0 Å². The number of hydrogen-bond acceptors (Lipinski definition) is 3. The molecule has 118 valence electrons. The molecule has 0 unspecified atom stereocenters. The lowest BCUT2D eigenvalue weighted by Gasteiger charge is -2.11. The van der Waals surface area contributed by atoms with Crippen LogP contribution >= 0.6 is 0 Å². The lowest BCUT2D eigenvalue weighted by atomic mass is 10.1. The summed E-state index contributed by atoms with van der Waals surface area (Å²) in [5.41, 5.74) is 4.58. The van der Waals surface area contributed by atoms with E-state index in [1.54, 1.807) is 13.4 Å². The first-order valence-electron chi connectivity index (χ1n) is 7.48. The van der Waals surface area contributed by atoms with Crippen molar-refractivity contribution >= 4 is 22.6 Å². The van der Waals surface area contributed by atoms with Crippen LogP contribution in [0.4, 0.5) is 5.69 Å². The molecule has 0 radical (unpaired) electrons. The van der Waals surface area contributed by atoms with E-state index in [1.807, 2.05) is 50.2 Å². The Hall–Kier alpha value is -2.75. The normalized spacial score (nSPS) is 10.7. The van der Waals surface area contributed by atoms with E-state index in [4.69, 9.17) is 9.15 Å². The van der Waals surface area contributed by atoms with E-state index in [2.05, 4.69) is 5.32 Å². The molecule has 0 aliphatic heterocycles. The van der Waals surface area contributed by atoms with Gasteiger partial charge >= 0.3 is 0 Å². The van der Waals surface area contributed by atoms with Gasteiger partial charge in [-0.3, -0.25) is 4.79 Å². The predicted molar refractivity (Wildman–Crippen MR) is 91.0 cm³/mol. The summed E-state index contributed by atoms with van der Waals surface area (Å²) in [6.45, 7) is 3.98. The number of benzene rings is 2. The quantitative estimate of drug-likeness (QED) is 0.784. The minimum atomic E-state index is -0.0547. The molecule has 0 aliphatic carbocycles. The second kappa shape index (κ2) is 6.16. The van der Waals surface area contributed by atoms with Crippen LogP contribution in [0, 0.1) is 13.8 Å². The Kier molecular flexibility index (Phi) is 4.06. The zero-order valence-electron chi connectivity index (χ0n) is 13.5. The van der Waals surface area contributed by atoms with Gasteiger partial charge in [0.2, 0.25) is 5.91 Å². The minimum absolute atomic E-state index is 0.0547. The molecule has 2 aromatic carbocycles. The summed E-state index contributed by atoms with van der Waals surface area (Å²) in [5.74, 6) is 0.680. The first kappa shape index (κ1) is 15.2. The molecule has 0 saturated carbocycles. The third kappa shape index (κ3) is 3.06. The fourth-order valence-electron chi connectivity index (χ4n) is 2.70. The van der Waals surface area contributed by atoms with Crippen LogP contribution < -0.4 is 10.1 Å². The van der Waals surface area contributed by atoms with E-state index in [0.29, 0.717) is 0 Å². The summed E-state index contributed by atoms with van der Waals surface area (Å²) in [6.07, 6.45) is 1.90. The van der Waals surface area contributed by atoms with E-state index in [1.165, 1.54) is 0 Å². The van der Waals surface area contributed by atoms with Gasteiger partial charge in [-0.2, -0.15) is 0 Å². The van der Waals surface area contributed by atoms with Gasteiger partial charge in [-0.25, -0.2) is 0 Å². The largest absolute Gasteiger partial charge is 0.497 e. The molecule has 0 spiro atoms. The molecule has 0 saturated heterocycles. The second-order valence-electron chi connectivity index (χ2n) is 5.61. The van der Waals surface area contributed by atoms with Crippen LogP contribution in [0.5, 0.6) is 5.75 Å². The fraction of sp³-hybridized carbons (Fsp3) is 0.211. The molecule has 0 atom stereocenters. The zero-order valence-corrected chi connectivity index (χ0v) is 13.5. The summed E-state index contributed by atoms with van der Waals surface area (Å²) in [4.78, 5) is 12.4. The molecule has 0 bridgehead atoms. The summed E-state index contributed by atoms with van der Waals surface area (Å²) in [6, 6.07) is 11.6. The fourth-order valence-corrected chi connectivity index (χ4v) is 2.70. The number of carbonyl (C=O) groups is 1. The number of ether oxygens (including phenoxy) is 1. The minimum Gasteiger partial charge on any atom is -0.497 e. The van der Waals surface area contributed by atoms with Gasteiger partial charge in [0.25, 0.3) is 0 Å². The topological polar surface area (TPSA) is 51.5 Å². The molecule has 1 aromatic heterocycles. The van der Waals surface area contributed by atoms with Crippen LogP contribution in [-0.2, 0) is 11.2 Å². The maximum Gasteiger partial charge on any atom is 0.228 e. The molecule has 4 heteroatoms. The lowest BCUT2D eigenvalue weighted by Crippen LogP contribution is -2.15. The van der Waals surface area contributed by atoms with Crippen LogP contribution in [0.3, 0.4) is 0 Å². The van der Waals surface area contributed by atoms with Gasteiger partial charge in [0.15, 0.2) is 0 Å². The van der Waals surface area contributed by atoms with Crippen LogP contribution in [0.1, 0.15) is 16.7 Å². The third-order valence-electron chi connectivity index (χ3n) is 3.96. The Labute approximate surface area is 135 Å². The van der Waals surface area contributed by atoms with Crippen LogP contribution in [0.2, 0.25) is 0 Å². The van der Waals surface area contributed by atoms with Crippen molar-refractivity contribution in [3.63, 3.8) is 0 Å². The highest BCUT2D eigenvalue weighted by atomic mass is 16.5. The number of amides is 1. The van der Waals surface area contributed by atoms with Gasteiger partial charge in [0, 0.05) is 22.7 Å². The van der Waals surface area contributed by atoms with E-state index < -0.39 is 0 Å². The molecule has 0 aliphatic rings. The van der Waals surface area contributed by atoms with Crippen molar-refractivity contribution in [2.24, 2.45) is 0 Å². The van der Waals surface area contributed by atoms with Gasteiger partial charge < -0.3 is 14.5 Å². The molecular weight excluding hydrogens is 290 g/mol. The van der Waals surface area contributed by atoms with E-state index in [9.17, 15) is 4.79 Å². The highest BCUT2D eigenvalue weighted by molar-refractivity contribution is 5.96. The molecule has 3 aromatic rings. The molecule has 0 fully saturated rings. The predicted octanol–water partition coefficient (Wildman–Crippen LogP) is 4.24. The van der Waals surface area contributed by atoms with Gasteiger partial charge in [-0.05, 0) is 37.1 Å². The smallest absolute Gasteiger partial charge is 0.228 e. The average Bonchev–Trinajstić information content (AvgIpc) is 2.93. The summed E-state index contributed by atoms with van der Waals surface area (Å²) >= 11 is 0. The summed E-state index contributed by atoms with van der Waals surface area (Å²) in [7, 11) is 1.61. The molecular formula is C19H19NO3. The number of para-hydroxylation sites is 1. The van der Waals surface area contributed by atoms with E-state index >= 15 is 0 Å². The van der Waals surface area contributed by atoms with Crippen molar-refractivity contribution in [2.75, 3.05) is 12.4 Å². The Morgan fingerprint density at radius 3 is 2.61 bits per heavy atom. The maximum atomic E-state index is 12.4. The van der Waals surface area contributed by atoms with Crippen molar-refractivity contribution in [3.05, 3.63) is 59.4 Å². The maximum absolute atomic E-state index is 12.4. The first-order chi connectivity index (χ1) is 11.1. The Morgan fingerprint density at radius 2 is 1.91 bits per heavy atom. The second-order valence-corrected chi connectivity index (χ2v) is 5.61. The van der Waals surface area contributed by atoms with Crippen LogP contribution in [0.25, 0.3) is 11.0 Å².